The van der Waals surface area contributed by atoms with Gasteiger partial charge >= 0.3 is 0 Å². The highest BCUT2D eigenvalue weighted by Crippen LogP contribution is 2.46. The summed E-state index contributed by atoms with van der Waals surface area (Å²) in [5, 5.41) is 6.09. The van der Waals surface area contributed by atoms with Gasteiger partial charge in [0.15, 0.2) is 0 Å². The molecule has 2 saturated carbocycles. The van der Waals surface area contributed by atoms with Gasteiger partial charge in [-0.25, -0.2) is 0 Å². The Kier molecular flexibility index (Phi) is 5.54. The maximum atomic E-state index is 12.5. The Hall–Kier alpha value is -1.84. The third-order valence-electron chi connectivity index (χ3n) is 5.33. The summed E-state index contributed by atoms with van der Waals surface area (Å²) in [7, 11) is 0. The number of hydrogen-bond donors (Lipinski definition) is 2. The van der Waals surface area contributed by atoms with Crippen LogP contribution < -0.4 is 10.6 Å². The Morgan fingerprint density at radius 2 is 1.71 bits per heavy atom. The number of carbonyl (C=O) groups is 2. The lowest BCUT2D eigenvalue weighted by Crippen LogP contribution is -2.47. The Morgan fingerprint density at radius 1 is 1.00 bits per heavy atom. The minimum absolute atomic E-state index is 0.0463. The molecule has 0 radical (unpaired) electrons. The second kappa shape index (κ2) is 7.82. The minimum atomic E-state index is -0.774. The van der Waals surface area contributed by atoms with Crippen LogP contribution in [0.25, 0.3) is 0 Å². The predicted octanol–water partition coefficient (Wildman–Crippen LogP) is 2.96. The van der Waals surface area contributed by atoms with Gasteiger partial charge in [0.05, 0.1) is 0 Å². The van der Waals surface area contributed by atoms with Crippen molar-refractivity contribution in [2.75, 3.05) is 6.54 Å². The lowest BCUT2D eigenvalue weighted by molar-refractivity contribution is -0.137. The van der Waals surface area contributed by atoms with E-state index in [1.807, 2.05) is 18.2 Å². The van der Waals surface area contributed by atoms with Crippen LogP contribution in [0.1, 0.15) is 56.9 Å². The van der Waals surface area contributed by atoms with Crippen LogP contribution >= 0.6 is 0 Å². The van der Waals surface area contributed by atoms with Crippen LogP contribution in [-0.2, 0) is 16.0 Å². The summed E-state index contributed by atoms with van der Waals surface area (Å²) in [5.74, 6) is -0.126. The van der Waals surface area contributed by atoms with Crippen molar-refractivity contribution in [3.05, 3.63) is 35.9 Å². The highest BCUT2D eigenvalue weighted by molar-refractivity contribution is 6.07. The molecule has 0 unspecified atom stereocenters. The van der Waals surface area contributed by atoms with Gasteiger partial charge in [-0.15, -0.1) is 0 Å². The molecular weight excluding hydrogens is 300 g/mol. The van der Waals surface area contributed by atoms with E-state index in [2.05, 4.69) is 22.8 Å². The van der Waals surface area contributed by atoms with Crippen molar-refractivity contribution in [3.63, 3.8) is 0 Å². The summed E-state index contributed by atoms with van der Waals surface area (Å²) in [4.78, 5) is 25.0. The monoisotopic (exact) mass is 328 g/mol. The van der Waals surface area contributed by atoms with E-state index in [1.165, 1.54) is 24.8 Å². The van der Waals surface area contributed by atoms with Crippen molar-refractivity contribution in [2.24, 2.45) is 5.41 Å². The average Bonchev–Trinajstić information content (AvgIpc) is 3.42. The standard InChI is InChI=1S/C20H28N2O2/c23-18(21-15-7-10-16-8-3-1-4-9-16)20(13-14-20)19(24)22-17-11-5-2-6-12-17/h1,3-4,8-9,17H,2,5-7,10-15H2,(H,21,23)(H,22,24). The second-order valence-corrected chi connectivity index (χ2v) is 7.24. The van der Waals surface area contributed by atoms with Gasteiger partial charge in [0.2, 0.25) is 11.8 Å². The van der Waals surface area contributed by atoms with Gasteiger partial charge in [0.1, 0.15) is 5.41 Å². The maximum Gasteiger partial charge on any atom is 0.235 e. The predicted molar refractivity (Wildman–Crippen MR) is 94.5 cm³/mol. The van der Waals surface area contributed by atoms with Crippen molar-refractivity contribution in [3.8, 4) is 0 Å². The van der Waals surface area contributed by atoms with Gasteiger partial charge in [-0.2, -0.15) is 0 Å². The fourth-order valence-corrected chi connectivity index (χ4v) is 3.56. The van der Waals surface area contributed by atoms with Gasteiger partial charge in [-0.3, -0.25) is 9.59 Å². The molecule has 1 aromatic rings. The summed E-state index contributed by atoms with van der Waals surface area (Å²) < 4.78 is 0. The summed E-state index contributed by atoms with van der Waals surface area (Å²) in [6, 6.07) is 10.5. The molecule has 0 heterocycles. The lowest BCUT2D eigenvalue weighted by Gasteiger charge is -2.25. The van der Waals surface area contributed by atoms with Crippen LogP contribution in [-0.4, -0.2) is 24.4 Å². The molecule has 4 nitrogen and oxygen atoms in total. The van der Waals surface area contributed by atoms with E-state index < -0.39 is 5.41 Å². The molecule has 24 heavy (non-hydrogen) atoms. The maximum absolute atomic E-state index is 12.5. The van der Waals surface area contributed by atoms with E-state index in [4.69, 9.17) is 0 Å². The highest BCUT2D eigenvalue weighted by Gasteiger charge is 2.56. The van der Waals surface area contributed by atoms with Crippen LogP contribution in [0, 0.1) is 5.41 Å². The smallest absolute Gasteiger partial charge is 0.235 e. The zero-order chi connectivity index (χ0) is 16.8. The van der Waals surface area contributed by atoms with Gasteiger partial charge in [0.25, 0.3) is 0 Å². The highest BCUT2D eigenvalue weighted by atomic mass is 16.2. The van der Waals surface area contributed by atoms with Gasteiger partial charge < -0.3 is 10.6 Å². The third-order valence-corrected chi connectivity index (χ3v) is 5.33. The molecule has 4 heteroatoms. The molecule has 0 aromatic heterocycles. The zero-order valence-electron chi connectivity index (χ0n) is 14.4. The molecule has 1 aromatic carbocycles. The van der Waals surface area contributed by atoms with Crippen molar-refractivity contribution in [1.82, 2.24) is 10.6 Å². The van der Waals surface area contributed by atoms with Gasteiger partial charge in [-0.05, 0) is 44.1 Å². The average molecular weight is 328 g/mol. The van der Waals surface area contributed by atoms with Crippen LogP contribution in [0.15, 0.2) is 30.3 Å². The first-order valence-corrected chi connectivity index (χ1v) is 9.34. The quantitative estimate of drug-likeness (QED) is 0.597. The van der Waals surface area contributed by atoms with Crippen LogP contribution in [0.3, 0.4) is 0 Å². The number of amides is 2. The molecule has 0 saturated heterocycles. The molecule has 2 N–H and O–H groups in total. The molecule has 2 aliphatic carbocycles. The van der Waals surface area contributed by atoms with E-state index in [1.54, 1.807) is 0 Å². The SMILES string of the molecule is O=C(NCCCc1ccccc1)C1(C(=O)NC2CCCCC2)CC1. The largest absolute Gasteiger partial charge is 0.355 e. The molecular formula is C20H28N2O2. The molecule has 0 atom stereocenters. The minimum Gasteiger partial charge on any atom is -0.355 e. The van der Waals surface area contributed by atoms with Crippen molar-refractivity contribution in [1.29, 1.82) is 0 Å². The summed E-state index contributed by atoms with van der Waals surface area (Å²) in [6.45, 7) is 0.631. The van der Waals surface area contributed by atoms with E-state index in [0.717, 1.165) is 25.7 Å². The first-order valence-electron chi connectivity index (χ1n) is 9.34. The van der Waals surface area contributed by atoms with Crippen molar-refractivity contribution in [2.45, 2.75) is 63.8 Å². The molecule has 0 spiro atoms. The molecule has 0 aliphatic heterocycles. The number of aryl methyl sites for hydroxylation is 1. The number of carbonyl (C=O) groups excluding carboxylic acids is 2. The van der Waals surface area contributed by atoms with Crippen LogP contribution in [0.5, 0.6) is 0 Å². The van der Waals surface area contributed by atoms with Gasteiger partial charge in [-0.1, -0.05) is 49.6 Å². The number of benzene rings is 1. The molecule has 0 bridgehead atoms. The van der Waals surface area contributed by atoms with Crippen LogP contribution in [0.2, 0.25) is 0 Å². The Morgan fingerprint density at radius 3 is 2.38 bits per heavy atom. The third kappa shape index (κ3) is 4.16. The lowest BCUT2D eigenvalue weighted by atomic mass is 9.94. The number of rotatable bonds is 7. The summed E-state index contributed by atoms with van der Waals surface area (Å²) >= 11 is 0. The van der Waals surface area contributed by atoms with E-state index in [9.17, 15) is 9.59 Å². The molecule has 2 amide bonds. The van der Waals surface area contributed by atoms with Crippen molar-refractivity contribution >= 4 is 11.8 Å². The van der Waals surface area contributed by atoms with E-state index in [-0.39, 0.29) is 17.9 Å². The van der Waals surface area contributed by atoms with Crippen molar-refractivity contribution < 1.29 is 9.59 Å². The first-order chi connectivity index (χ1) is 11.7. The first kappa shape index (κ1) is 17.0. The fraction of sp³-hybridized carbons (Fsp3) is 0.600. The normalized spacial score (nSPS) is 19.5. The number of hydrogen-bond acceptors (Lipinski definition) is 2. The van der Waals surface area contributed by atoms with Crippen LogP contribution in [0.4, 0.5) is 0 Å². The van der Waals surface area contributed by atoms with E-state index >= 15 is 0 Å². The topological polar surface area (TPSA) is 58.2 Å². The Bertz CT molecular complexity index is 560. The summed E-state index contributed by atoms with van der Waals surface area (Å²) in [5.41, 5.74) is 0.507. The molecule has 130 valence electrons. The Labute approximate surface area is 144 Å². The van der Waals surface area contributed by atoms with E-state index in [0.29, 0.717) is 19.4 Å². The molecule has 2 aliphatic rings. The van der Waals surface area contributed by atoms with Gasteiger partial charge in [0, 0.05) is 12.6 Å². The Balaban J connectivity index is 1.41. The molecule has 3 rings (SSSR count). The fourth-order valence-electron chi connectivity index (χ4n) is 3.56. The zero-order valence-corrected chi connectivity index (χ0v) is 14.4. The second-order valence-electron chi connectivity index (χ2n) is 7.24. The molecule has 2 fully saturated rings. The summed E-state index contributed by atoms with van der Waals surface area (Å²) in [6.07, 6.45) is 8.97. The number of nitrogens with one attached hydrogen (secondary N) is 2.